The molecule has 19 heavy (non-hydrogen) atoms. The maximum absolute atomic E-state index is 5.69. The molecule has 0 bridgehead atoms. The average molecular weight is 270 g/mol. The Kier molecular flexibility index (Phi) is 2.97. The van der Waals surface area contributed by atoms with E-state index in [1.54, 1.807) is 11.9 Å². The molecule has 0 unspecified atom stereocenters. The number of anilines is 3. The van der Waals surface area contributed by atoms with Crippen molar-refractivity contribution in [2.45, 2.75) is 0 Å². The van der Waals surface area contributed by atoms with E-state index in [1.165, 1.54) is 0 Å². The molecule has 1 aliphatic heterocycles. The van der Waals surface area contributed by atoms with E-state index in [-0.39, 0.29) is 0 Å². The van der Waals surface area contributed by atoms with E-state index < -0.39 is 0 Å². The van der Waals surface area contributed by atoms with Crippen molar-refractivity contribution in [2.24, 2.45) is 0 Å². The van der Waals surface area contributed by atoms with Crippen LogP contribution in [-0.4, -0.2) is 0 Å². The molecule has 3 rings (SSSR count). The summed E-state index contributed by atoms with van der Waals surface area (Å²) in [5.74, 6) is 0. The van der Waals surface area contributed by atoms with Crippen molar-refractivity contribution in [3.63, 3.8) is 0 Å². The Morgan fingerprint density at radius 2 is 1.42 bits per heavy atom. The van der Waals surface area contributed by atoms with E-state index in [1.807, 2.05) is 59.1 Å². The summed E-state index contributed by atoms with van der Waals surface area (Å²) < 4.78 is 1.99. The van der Waals surface area contributed by atoms with Crippen molar-refractivity contribution in [3.8, 4) is 0 Å². The van der Waals surface area contributed by atoms with Crippen molar-refractivity contribution < 1.29 is 0 Å². The van der Waals surface area contributed by atoms with Crippen LogP contribution in [0.5, 0.6) is 0 Å². The van der Waals surface area contributed by atoms with Gasteiger partial charge in [-0.1, -0.05) is 12.1 Å². The lowest BCUT2D eigenvalue weighted by Gasteiger charge is -2.17. The molecule has 0 amide bonds. The fourth-order valence-corrected chi connectivity index (χ4v) is 2.66. The molecule has 5 N–H and O–H groups in total. The molecule has 0 saturated heterocycles. The number of nitrogen functional groups attached to an aromatic ring is 2. The Labute approximate surface area is 116 Å². The molecule has 1 heterocycles. The number of nitrogens with two attached hydrogens (primary N) is 2. The molecule has 0 atom stereocenters. The van der Waals surface area contributed by atoms with E-state index in [2.05, 4.69) is 5.43 Å². The molecule has 5 heteroatoms. The van der Waals surface area contributed by atoms with Gasteiger partial charge in [-0.15, -0.1) is 0 Å². The number of nitrogens with zero attached hydrogens (tertiary/aromatic N) is 1. The molecule has 0 radical (unpaired) electrons. The second-order valence-electron chi connectivity index (χ2n) is 4.24. The normalized spacial score (nSPS) is 14.1. The molecule has 0 aromatic heterocycles. The van der Waals surface area contributed by atoms with Crippen LogP contribution >= 0.6 is 11.9 Å². The van der Waals surface area contributed by atoms with Crippen LogP contribution in [-0.2, 0) is 0 Å². The first-order valence-electron chi connectivity index (χ1n) is 5.88. The minimum atomic E-state index is 0.764. The van der Waals surface area contributed by atoms with Gasteiger partial charge < -0.3 is 11.5 Å². The summed E-state index contributed by atoms with van der Waals surface area (Å²) in [6, 6.07) is 15.6. The van der Waals surface area contributed by atoms with Gasteiger partial charge in [-0.2, -0.15) is 0 Å². The summed E-state index contributed by atoms with van der Waals surface area (Å²) in [7, 11) is 0. The Hall–Kier alpha value is -2.27. The van der Waals surface area contributed by atoms with Gasteiger partial charge in [0.15, 0.2) is 0 Å². The van der Waals surface area contributed by atoms with Crippen LogP contribution in [0.4, 0.5) is 17.1 Å². The Morgan fingerprint density at radius 1 is 0.842 bits per heavy atom. The maximum atomic E-state index is 5.69. The predicted molar refractivity (Wildman–Crippen MR) is 82.9 cm³/mol. The van der Waals surface area contributed by atoms with Gasteiger partial charge in [0.25, 0.3) is 0 Å². The van der Waals surface area contributed by atoms with Gasteiger partial charge in [-0.25, -0.2) is 4.41 Å². The quantitative estimate of drug-likeness (QED) is 0.578. The third-order valence-electron chi connectivity index (χ3n) is 2.83. The zero-order chi connectivity index (χ0) is 13.2. The van der Waals surface area contributed by atoms with E-state index >= 15 is 0 Å². The average Bonchev–Trinajstić information content (AvgIpc) is 2.90. The summed E-state index contributed by atoms with van der Waals surface area (Å²) in [4.78, 5) is 1.15. The number of hydrazine groups is 1. The van der Waals surface area contributed by atoms with Crippen molar-refractivity contribution in [2.75, 3.05) is 15.9 Å². The number of nitrogens with one attached hydrogen (secondary N) is 1. The monoisotopic (exact) mass is 270 g/mol. The smallest absolute Gasteiger partial charge is 0.0706 e. The predicted octanol–water partition coefficient (Wildman–Crippen LogP) is 2.82. The van der Waals surface area contributed by atoms with E-state index in [4.69, 9.17) is 11.5 Å². The van der Waals surface area contributed by atoms with Gasteiger partial charge >= 0.3 is 0 Å². The first-order valence-corrected chi connectivity index (χ1v) is 6.65. The summed E-state index contributed by atoms with van der Waals surface area (Å²) in [6.07, 6.45) is 1.98. The van der Waals surface area contributed by atoms with Crippen molar-refractivity contribution >= 4 is 33.9 Å². The SMILES string of the molecule is Nc1ccc(C2=CNN(c3ccc(N)cc3)S2)cc1. The Balaban J connectivity index is 1.76. The first kappa shape index (κ1) is 11.8. The van der Waals surface area contributed by atoms with Crippen molar-refractivity contribution in [1.29, 1.82) is 0 Å². The highest BCUT2D eigenvalue weighted by Crippen LogP contribution is 2.36. The molecular formula is C14H14N4S. The Morgan fingerprint density at radius 3 is 2.05 bits per heavy atom. The highest BCUT2D eigenvalue weighted by molar-refractivity contribution is 8.09. The summed E-state index contributed by atoms with van der Waals surface area (Å²) in [6.45, 7) is 0. The number of benzene rings is 2. The van der Waals surface area contributed by atoms with E-state index in [0.29, 0.717) is 0 Å². The summed E-state index contributed by atoms with van der Waals surface area (Å²) in [5.41, 5.74) is 18.3. The maximum Gasteiger partial charge on any atom is 0.0706 e. The molecule has 2 aromatic carbocycles. The fraction of sp³-hybridized carbons (Fsp3) is 0. The summed E-state index contributed by atoms with van der Waals surface area (Å²) >= 11 is 1.63. The molecule has 0 spiro atoms. The molecule has 0 aliphatic carbocycles. The van der Waals surface area contributed by atoms with Crippen LogP contribution in [0.2, 0.25) is 0 Å². The van der Waals surface area contributed by atoms with Gasteiger partial charge in [-0.3, -0.25) is 5.43 Å². The zero-order valence-electron chi connectivity index (χ0n) is 10.2. The van der Waals surface area contributed by atoms with Crippen LogP contribution in [0.1, 0.15) is 5.56 Å². The van der Waals surface area contributed by atoms with Crippen LogP contribution in [0.15, 0.2) is 54.7 Å². The van der Waals surface area contributed by atoms with Crippen molar-refractivity contribution in [3.05, 3.63) is 60.3 Å². The van der Waals surface area contributed by atoms with Gasteiger partial charge in [0.1, 0.15) is 0 Å². The van der Waals surface area contributed by atoms with Gasteiger partial charge in [0, 0.05) is 29.5 Å². The highest BCUT2D eigenvalue weighted by Gasteiger charge is 2.16. The zero-order valence-corrected chi connectivity index (χ0v) is 11.0. The minimum absolute atomic E-state index is 0.764. The second-order valence-corrected chi connectivity index (χ2v) is 5.22. The number of rotatable bonds is 2. The van der Waals surface area contributed by atoms with Crippen molar-refractivity contribution in [1.82, 2.24) is 5.43 Å². The lowest BCUT2D eigenvalue weighted by atomic mass is 10.2. The molecular weight excluding hydrogens is 256 g/mol. The number of hydrogen-bond acceptors (Lipinski definition) is 5. The molecule has 1 aliphatic rings. The number of hydrogen-bond donors (Lipinski definition) is 3. The minimum Gasteiger partial charge on any atom is -0.399 e. The van der Waals surface area contributed by atoms with Crippen LogP contribution in [0, 0.1) is 0 Å². The molecule has 0 fully saturated rings. The van der Waals surface area contributed by atoms with Gasteiger partial charge in [0.2, 0.25) is 0 Å². The van der Waals surface area contributed by atoms with Crippen LogP contribution in [0.25, 0.3) is 4.91 Å². The van der Waals surface area contributed by atoms with E-state index in [0.717, 1.165) is 27.5 Å². The third-order valence-corrected chi connectivity index (χ3v) is 3.87. The lowest BCUT2D eigenvalue weighted by molar-refractivity contribution is 0.982. The van der Waals surface area contributed by atoms with Gasteiger partial charge in [-0.05, 0) is 42.0 Å². The van der Waals surface area contributed by atoms with Crippen LogP contribution < -0.4 is 21.3 Å². The first-order chi connectivity index (χ1) is 9.22. The fourth-order valence-electron chi connectivity index (χ4n) is 1.79. The van der Waals surface area contributed by atoms with Crippen LogP contribution in [0.3, 0.4) is 0 Å². The molecule has 4 nitrogen and oxygen atoms in total. The highest BCUT2D eigenvalue weighted by atomic mass is 32.2. The Bertz CT molecular complexity index is 604. The molecule has 0 saturated carbocycles. The van der Waals surface area contributed by atoms with Gasteiger partial charge in [0.05, 0.1) is 10.6 Å². The van der Waals surface area contributed by atoms with E-state index in [9.17, 15) is 0 Å². The third kappa shape index (κ3) is 2.46. The topological polar surface area (TPSA) is 67.3 Å². The lowest BCUT2D eigenvalue weighted by Crippen LogP contribution is -2.22. The molecule has 96 valence electrons. The molecule has 2 aromatic rings. The standard InChI is InChI=1S/C14H14N4S/c15-11-3-1-10(2-4-11)14-9-17-18(19-14)13-7-5-12(16)6-8-13/h1-9,17H,15-16H2. The second kappa shape index (κ2) is 4.78. The summed E-state index contributed by atoms with van der Waals surface area (Å²) in [5, 5.41) is 0. The largest absolute Gasteiger partial charge is 0.399 e.